The molecule has 3 heteroatoms. The second-order valence-electron chi connectivity index (χ2n) is 3.84. The van der Waals surface area contributed by atoms with Crippen molar-refractivity contribution in [1.29, 1.82) is 5.26 Å². The van der Waals surface area contributed by atoms with E-state index in [0.29, 0.717) is 6.61 Å². The third-order valence-corrected chi connectivity index (χ3v) is 2.52. The molecule has 0 radical (unpaired) electrons. The Hall–Kier alpha value is -1.30. The van der Waals surface area contributed by atoms with Gasteiger partial charge in [-0.1, -0.05) is 26.3 Å². The summed E-state index contributed by atoms with van der Waals surface area (Å²) in [6.07, 6.45) is 4.47. The first-order chi connectivity index (χ1) is 7.56. The van der Waals surface area contributed by atoms with Crippen molar-refractivity contribution in [2.45, 2.75) is 47.0 Å². The SMILES string of the molecule is CC/C=C(/CCC)[C@@](C)(C#N)C(=O)OCC. The molecule has 0 unspecified atom stereocenters. The lowest BCUT2D eigenvalue weighted by Gasteiger charge is -2.23. The van der Waals surface area contributed by atoms with Crippen LogP contribution in [0.5, 0.6) is 0 Å². The molecular formula is C13H21NO2. The van der Waals surface area contributed by atoms with E-state index in [9.17, 15) is 10.1 Å². The van der Waals surface area contributed by atoms with Crippen molar-refractivity contribution in [3.63, 3.8) is 0 Å². The summed E-state index contributed by atoms with van der Waals surface area (Å²) in [5.74, 6) is -0.439. The molecule has 0 saturated carbocycles. The number of carbonyl (C=O) groups is 1. The summed E-state index contributed by atoms with van der Waals surface area (Å²) in [4.78, 5) is 11.8. The van der Waals surface area contributed by atoms with E-state index < -0.39 is 11.4 Å². The molecular weight excluding hydrogens is 202 g/mol. The number of carbonyl (C=O) groups excluding carboxylic acids is 1. The molecule has 0 fully saturated rings. The van der Waals surface area contributed by atoms with Crippen LogP contribution in [-0.2, 0) is 9.53 Å². The lowest BCUT2D eigenvalue weighted by molar-refractivity contribution is -0.149. The first kappa shape index (κ1) is 14.7. The van der Waals surface area contributed by atoms with E-state index in [4.69, 9.17) is 4.74 Å². The molecule has 0 aliphatic rings. The third kappa shape index (κ3) is 3.37. The van der Waals surface area contributed by atoms with Crippen LogP contribution in [0.25, 0.3) is 0 Å². The molecule has 0 bridgehead atoms. The molecule has 0 heterocycles. The fourth-order valence-electron chi connectivity index (χ4n) is 1.60. The summed E-state index contributed by atoms with van der Waals surface area (Å²) >= 11 is 0. The van der Waals surface area contributed by atoms with Gasteiger partial charge in [-0.3, -0.25) is 0 Å². The maximum absolute atomic E-state index is 11.8. The lowest BCUT2D eigenvalue weighted by Crippen LogP contribution is -2.30. The van der Waals surface area contributed by atoms with Gasteiger partial charge in [0.2, 0.25) is 0 Å². The van der Waals surface area contributed by atoms with Gasteiger partial charge in [0.1, 0.15) is 0 Å². The van der Waals surface area contributed by atoms with Crippen LogP contribution < -0.4 is 0 Å². The monoisotopic (exact) mass is 223 g/mol. The number of rotatable bonds is 6. The number of hydrogen-bond donors (Lipinski definition) is 0. The van der Waals surface area contributed by atoms with E-state index >= 15 is 0 Å². The second-order valence-corrected chi connectivity index (χ2v) is 3.84. The summed E-state index contributed by atoms with van der Waals surface area (Å²) in [6.45, 7) is 7.73. The van der Waals surface area contributed by atoms with Gasteiger partial charge in [0.25, 0.3) is 0 Å². The van der Waals surface area contributed by atoms with E-state index in [1.54, 1.807) is 13.8 Å². The first-order valence-electron chi connectivity index (χ1n) is 5.84. The summed E-state index contributed by atoms with van der Waals surface area (Å²) in [5, 5.41) is 9.21. The Balaban J connectivity index is 5.12. The number of allylic oxidation sites excluding steroid dienone is 1. The molecule has 0 aliphatic heterocycles. The summed E-state index contributed by atoms with van der Waals surface area (Å²) in [6, 6.07) is 2.09. The van der Waals surface area contributed by atoms with Gasteiger partial charge in [0.05, 0.1) is 12.7 Å². The van der Waals surface area contributed by atoms with E-state index in [1.807, 2.05) is 19.9 Å². The van der Waals surface area contributed by atoms with Crippen molar-refractivity contribution in [1.82, 2.24) is 0 Å². The van der Waals surface area contributed by atoms with Gasteiger partial charge in [-0.2, -0.15) is 5.26 Å². The summed E-state index contributed by atoms with van der Waals surface area (Å²) in [7, 11) is 0. The normalized spacial score (nSPS) is 15.1. The zero-order valence-electron chi connectivity index (χ0n) is 10.7. The molecule has 0 aromatic heterocycles. The predicted molar refractivity (Wildman–Crippen MR) is 63.6 cm³/mol. The van der Waals surface area contributed by atoms with E-state index in [-0.39, 0.29) is 0 Å². The maximum Gasteiger partial charge on any atom is 0.330 e. The van der Waals surface area contributed by atoms with Gasteiger partial charge >= 0.3 is 5.97 Å². The molecule has 0 saturated heterocycles. The highest BCUT2D eigenvalue weighted by Crippen LogP contribution is 2.31. The third-order valence-electron chi connectivity index (χ3n) is 2.52. The highest BCUT2D eigenvalue weighted by atomic mass is 16.5. The molecule has 3 nitrogen and oxygen atoms in total. The average Bonchev–Trinajstić information content (AvgIpc) is 2.28. The Labute approximate surface area is 98.1 Å². The Bertz CT molecular complexity index is 302. The lowest BCUT2D eigenvalue weighted by atomic mass is 9.80. The van der Waals surface area contributed by atoms with Crippen LogP contribution in [0.3, 0.4) is 0 Å². The zero-order valence-corrected chi connectivity index (χ0v) is 10.7. The van der Waals surface area contributed by atoms with Crippen molar-refractivity contribution in [3.8, 4) is 6.07 Å². The smallest absolute Gasteiger partial charge is 0.330 e. The number of ether oxygens (including phenoxy) is 1. The Morgan fingerprint density at radius 3 is 2.44 bits per heavy atom. The molecule has 0 N–H and O–H groups in total. The highest BCUT2D eigenvalue weighted by molar-refractivity contribution is 5.83. The van der Waals surface area contributed by atoms with Crippen LogP contribution in [0, 0.1) is 16.7 Å². The molecule has 90 valence electrons. The molecule has 0 amide bonds. The van der Waals surface area contributed by atoms with Crippen molar-refractivity contribution >= 4 is 5.97 Å². The first-order valence-corrected chi connectivity index (χ1v) is 5.84. The molecule has 0 aliphatic carbocycles. The summed E-state index contributed by atoms with van der Waals surface area (Å²) in [5.41, 5.74) is -0.249. The van der Waals surface area contributed by atoms with Crippen LogP contribution in [0.2, 0.25) is 0 Å². The van der Waals surface area contributed by atoms with E-state index in [0.717, 1.165) is 24.8 Å². The maximum atomic E-state index is 11.8. The number of esters is 1. The van der Waals surface area contributed by atoms with Gasteiger partial charge in [-0.05, 0) is 32.3 Å². The van der Waals surface area contributed by atoms with Gasteiger partial charge < -0.3 is 4.74 Å². The Morgan fingerprint density at radius 1 is 1.44 bits per heavy atom. The largest absolute Gasteiger partial charge is 0.465 e. The van der Waals surface area contributed by atoms with Crippen LogP contribution in [0.4, 0.5) is 0 Å². The topological polar surface area (TPSA) is 50.1 Å². The van der Waals surface area contributed by atoms with Crippen LogP contribution in [-0.4, -0.2) is 12.6 Å². The average molecular weight is 223 g/mol. The minimum Gasteiger partial charge on any atom is -0.465 e. The molecule has 0 spiro atoms. The van der Waals surface area contributed by atoms with Gasteiger partial charge in [-0.25, -0.2) is 4.79 Å². The minimum absolute atomic E-state index is 0.307. The molecule has 0 aromatic carbocycles. The quantitative estimate of drug-likeness (QED) is 0.513. The second kappa shape index (κ2) is 7.05. The van der Waals surface area contributed by atoms with Crippen molar-refractivity contribution < 1.29 is 9.53 Å². The van der Waals surface area contributed by atoms with Crippen LogP contribution >= 0.6 is 0 Å². The minimum atomic E-state index is -1.12. The highest BCUT2D eigenvalue weighted by Gasteiger charge is 2.38. The Morgan fingerprint density at radius 2 is 2.06 bits per heavy atom. The van der Waals surface area contributed by atoms with Gasteiger partial charge in [0, 0.05) is 0 Å². The van der Waals surface area contributed by atoms with Crippen molar-refractivity contribution in [2.24, 2.45) is 5.41 Å². The fourth-order valence-corrected chi connectivity index (χ4v) is 1.60. The number of nitrogens with zero attached hydrogens (tertiary/aromatic N) is 1. The molecule has 0 aromatic rings. The van der Waals surface area contributed by atoms with Crippen LogP contribution in [0.15, 0.2) is 11.6 Å². The number of nitriles is 1. The molecule has 16 heavy (non-hydrogen) atoms. The van der Waals surface area contributed by atoms with Crippen molar-refractivity contribution in [2.75, 3.05) is 6.61 Å². The van der Waals surface area contributed by atoms with E-state index in [2.05, 4.69) is 6.07 Å². The van der Waals surface area contributed by atoms with Gasteiger partial charge in [-0.15, -0.1) is 0 Å². The molecule has 0 rings (SSSR count). The summed E-state index contributed by atoms with van der Waals surface area (Å²) < 4.78 is 4.97. The van der Waals surface area contributed by atoms with E-state index in [1.165, 1.54) is 0 Å². The number of hydrogen-bond acceptors (Lipinski definition) is 3. The molecule has 1 atom stereocenters. The fraction of sp³-hybridized carbons (Fsp3) is 0.692. The Kier molecular flexibility index (Phi) is 6.48. The van der Waals surface area contributed by atoms with Gasteiger partial charge in [0.15, 0.2) is 5.41 Å². The standard InChI is InChI=1S/C13H21NO2/c1-5-8-11(9-6-2)13(4,10-14)12(15)16-7-3/h8H,5-7,9H2,1-4H3/b11-8-/t13-/m1/s1. The van der Waals surface area contributed by atoms with Crippen molar-refractivity contribution in [3.05, 3.63) is 11.6 Å². The van der Waals surface area contributed by atoms with Crippen LogP contribution in [0.1, 0.15) is 47.0 Å². The predicted octanol–water partition coefficient (Wildman–Crippen LogP) is 3.22. The zero-order chi connectivity index (χ0) is 12.6.